The van der Waals surface area contributed by atoms with Gasteiger partial charge in [0.25, 0.3) is 0 Å². The summed E-state index contributed by atoms with van der Waals surface area (Å²) in [6.45, 7) is 30.3. The molecule has 0 amide bonds. The first-order valence-electron chi connectivity index (χ1n) is 27.3. The van der Waals surface area contributed by atoms with E-state index in [9.17, 15) is 0 Å². The van der Waals surface area contributed by atoms with Crippen molar-refractivity contribution in [2.24, 2.45) is 0 Å². The van der Waals surface area contributed by atoms with Crippen molar-refractivity contribution in [1.29, 1.82) is 0 Å². The molecule has 3 aliphatic heterocycles. The van der Waals surface area contributed by atoms with Crippen molar-refractivity contribution in [3.63, 3.8) is 0 Å². The molecule has 0 fully saturated rings. The lowest BCUT2D eigenvalue weighted by molar-refractivity contribution is -0.997. The molecule has 2 aromatic heterocycles. The number of ether oxygens (including phenoxy) is 1. The maximum atomic E-state index is 8.30. The third kappa shape index (κ3) is 7.16. The van der Waals surface area contributed by atoms with Crippen LogP contribution in [0.1, 0.15) is 116 Å². The number of hydrogen-bond acceptors (Lipinski definition) is 1. The zero-order valence-corrected chi connectivity index (χ0v) is 46.6. The van der Waals surface area contributed by atoms with E-state index in [1.165, 1.54) is 89.0 Å². The molecule has 0 saturated heterocycles. The Morgan fingerprint density at radius 3 is 1.61 bits per heavy atom. The molecule has 1 atom stereocenters. The molecule has 4 heteroatoms. The highest BCUT2D eigenvalue weighted by atomic mass is 16.5. The predicted octanol–water partition coefficient (Wildman–Crippen LogP) is 17.6. The minimum Gasteiger partial charge on any atom is -0.392 e. The zero-order valence-electron chi connectivity index (χ0n) is 46.6. The van der Waals surface area contributed by atoms with Gasteiger partial charge >= 0.3 is 11.7 Å². The van der Waals surface area contributed by atoms with Crippen molar-refractivity contribution in [3.8, 4) is 89.7 Å². The second kappa shape index (κ2) is 16.3. The van der Waals surface area contributed by atoms with Crippen molar-refractivity contribution in [3.05, 3.63) is 216 Å². The van der Waals surface area contributed by atoms with Gasteiger partial charge in [0.2, 0.25) is 5.69 Å². The molecule has 0 aliphatic carbocycles. The van der Waals surface area contributed by atoms with Crippen LogP contribution < -0.4 is 13.9 Å². The van der Waals surface area contributed by atoms with Crippen molar-refractivity contribution in [2.45, 2.75) is 118 Å². The summed E-state index contributed by atoms with van der Waals surface area (Å²) < 4.78 is 16.0. The summed E-state index contributed by atoms with van der Waals surface area (Å²) in [7, 11) is 0. The topological polar surface area (TPSA) is 21.9 Å². The number of nitrogens with zero attached hydrogens (tertiary/aromatic N) is 3. The maximum absolute atomic E-state index is 8.30. The molecule has 0 N–H and O–H groups in total. The number of aryl methyl sites for hydroxylation is 1. The molecule has 3 aliphatic rings. The van der Waals surface area contributed by atoms with E-state index >= 15 is 0 Å². The second-order valence-electron chi connectivity index (χ2n) is 26.0. The van der Waals surface area contributed by atoms with Crippen molar-refractivity contribution < 1.29 is 13.9 Å². The summed E-state index contributed by atoms with van der Waals surface area (Å²) in [6.07, 6.45) is 2.32. The monoisotopic (exact) mass is 992 g/mol. The number of hydrogen-bond donors (Lipinski definition) is 0. The Morgan fingerprint density at radius 2 is 0.974 bits per heavy atom. The van der Waals surface area contributed by atoms with Crippen LogP contribution in [0.5, 0.6) is 5.75 Å². The summed E-state index contributed by atoms with van der Waals surface area (Å²) in [4.78, 5) is 0. The van der Waals surface area contributed by atoms with Crippen LogP contribution in [-0.2, 0) is 27.5 Å². The van der Waals surface area contributed by atoms with Gasteiger partial charge < -0.3 is 4.74 Å². The van der Waals surface area contributed by atoms with E-state index in [1.807, 2.05) is 0 Å². The van der Waals surface area contributed by atoms with Crippen LogP contribution in [0.3, 0.4) is 0 Å². The Labute approximate surface area is 450 Å². The van der Waals surface area contributed by atoms with E-state index in [1.54, 1.807) is 0 Å². The molecule has 1 unspecified atom stereocenters. The second-order valence-corrected chi connectivity index (χ2v) is 26.0. The number of imidazole rings is 1. The number of aromatic nitrogens is 3. The summed E-state index contributed by atoms with van der Waals surface area (Å²) in [5.74, 6) is 0.905. The van der Waals surface area contributed by atoms with Crippen LogP contribution in [0.2, 0.25) is 0 Å². The van der Waals surface area contributed by atoms with E-state index < -0.39 is 5.85 Å². The van der Waals surface area contributed by atoms with Gasteiger partial charge in [0, 0.05) is 34.4 Å². The zero-order chi connectivity index (χ0) is 53.0. The fourth-order valence-corrected chi connectivity index (χ4v) is 12.5. The first-order chi connectivity index (χ1) is 36.1. The van der Waals surface area contributed by atoms with E-state index in [0.717, 1.165) is 45.1 Å². The number of para-hydroxylation sites is 1. The Kier molecular flexibility index (Phi) is 10.3. The molecule has 1 spiro atoms. The molecule has 0 saturated carbocycles. The average molecular weight is 992 g/mol. The van der Waals surface area contributed by atoms with Gasteiger partial charge in [-0.3, -0.25) is 0 Å². The average Bonchev–Trinajstić information content (AvgIpc) is 3.81. The van der Waals surface area contributed by atoms with Crippen LogP contribution in [0.15, 0.2) is 182 Å². The first kappa shape index (κ1) is 47.9. The Bertz CT molecular complexity index is 4020. The predicted molar refractivity (Wildman–Crippen MR) is 314 cm³/mol. The highest BCUT2D eigenvalue weighted by Crippen LogP contribution is 2.57. The lowest BCUT2D eigenvalue weighted by Gasteiger charge is -2.36. The van der Waals surface area contributed by atoms with Gasteiger partial charge in [-0.15, -0.1) is 9.13 Å². The third-order valence-electron chi connectivity index (χ3n) is 16.7. The van der Waals surface area contributed by atoms with Crippen LogP contribution in [0, 0.1) is 6.92 Å². The minimum absolute atomic E-state index is 0.0176. The molecular weight excluding hydrogens is 923 g/mol. The Hall–Kier alpha value is -7.82. The van der Waals surface area contributed by atoms with Crippen molar-refractivity contribution in [1.82, 2.24) is 4.57 Å². The summed E-state index contributed by atoms with van der Waals surface area (Å²) >= 11 is 0. The van der Waals surface area contributed by atoms with Gasteiger partial charge in [-0.25, -0.2) is 0 Å². The quantitative estimate of drug-likeness (QED) is 0.158. The molecular formula is C72H69N3O+2. The summed E-state index contributed by atoms with van der Waals surface area (Å²) in [5.41, 5.74) is 25.8. The Morgan fingerprint density at radius 1 is 0.421 bits per heavy atom. The molecule has 76 heavy (non-hydrogen) atoms. The molecule has 13 rings (SSSR count). The number of benzene rings is 8. The van der Waals surface area contributed by atoms with Gasteiger partial charge in [0.1, 0.15) is 16.8 Å². The normalized spacial score (nSPS) is 15.3. The van der Waals surface area contributed by atoms with E-state index in [0.29, 0.717) is 0 Å². The van der Waals surface area contributed by atoms with E-state index in [4.69, 9.17) is 4.74 Å². The SMILES string of the molecule is Cc1cc(-c2ccc(C(C)(C)C)cc2)c(-n2c3[n+]4c5c(cccc52)-c2cc(C(C)(C)C)cc5c2C4(Oc2c-3cc(C(C)(C)C)cc2C(C)(C)C)[n+]2ccc(-c3ccc(-c4ccccc4)cc3)cc2-5)cc1-c1ccccc1. The maximum Gasteiger partial charge on any atom is 0.499 e. The fourth-order valence-electron chi connectivity index (χ4n) is 12.5. The van der Waals surface area contributed by atoms with Crippen LogP contribution in [-0.4, -0.2) is 4.57 Å². The molecule has 0 radical (unpaired) electrons. The van der Waals surface area contributed by atoms with Gasteiger partial charge in [0.05, 0.1) is 5.56 Å². The molecule has 8 aromatic carbocycles. The fraction of sp³-hybridized carbons (Fsp3) is 0.250. The van der Waals surface area contributed by atoms with Gasteiger partial charge in [-0.1, -0.05) is 204 Å². The van der Waals surface area contributed by atoms with Crippen molar-refractivity contribution >= 4 is 11.0 Å². The number of fused-ring (bicyclic) bond motifs is 5. The third-order valence-corrected chi connectivity index (χ3v) is 16.7. The minimum atomic E-state index is -1.13. The lowest BCUT2D eigenvalue weighted by atomic mass is 9.78. The standard InChI is InChI=1S/C72H69N3O/c1-44-37-56(49-31-33-51(34-32-49)68(2,3)4)63(43-55(44)48-23-18-15-19-24-48)74-61-26-20-25-54-57-39-52(69(5,6)7)40-58-62-38-50(47-29-27-46(28-30-47)45-21-16-14-17-22-45)35-36-73(62)72(64(57)58)75(65(54)61)67(74)59-41-53(70(8,9)10)42-60(66(59)76-72)71(11,12)13/h14-43H,1-13H3/q+2. The smallest absolute Gasteiger partial charge is 0.392 e. The summed E-state index contributed by atoms with van der Waals surface area (Å²) in [5, 5.41) is 0. The Balaban J connectivity index is 1.19. The van der Waals surface area contributed by atoms with Crippen LogP contribution in [0.25, 0.3) is 95.0 Å². The van der Waals surface area contributed by atoms with Crippen LogP contribution in [0.4, 0.5) is 0 Å². The largest absolute Gasteiger partial charge is 0.499 e. The number of rotatable bonds is 5. The van der Waals surface area contributed by atoms with E-state index in [-0.39, 0.29) is 21.7 Å². The number of pyridine rings is 1. The highest BCUT2D eigenvalue weighted by molar-refractivity contribution is 5.99. The lowest BCUT2D eigenvalue weighted by Crippen LogP contribution is -2.78. The van der Waals surface area contributed by atoms with Gasteiger partial charge in [0.15, 0.2) is 23.0 Å². The molecule has 10 aromatic rings. The van der Waals surface area contributed by atoms with Crippen molar-refractivity contribution in [2.75, 3.05) is 0 Å². The van der Waals surface area contributed by atoms with E-state index in [2.05, 4.69) is 286 Å². The molecule has 376 valence electrons. The van der Waals surface area contributed by atoms with Gasteiger partial charge in [-0.05, 0) is 132 Å². The van der Waals surface area contributed by atoms with Crippen LogP contribution >= 0.6 is 0 Å². The van der Waals surface area contributed by atoms with Gasteiger partial charge in [-0.2, -0.15) is 4.57 Å². The molecule has 4 nitrogen and oxygen atoms in total. The molecule has 0 bridgehead atoms. The first-order valence-corrected chi connectivity index (χ1v) is 27.3. The molecule has 5 heterocycles. The summed E-state index contributed by atoms with van der Waals surface area (Å²) in [6, 6.07) is 66.5. The highest BCUT2D eigenvalue weighted by Gasteiger charge is 2.69.